The molecule has 0 bridgehead atoms. The summed E-state index contributed by atoms with van der Waals surface area (Å²) in [4.78, 5) is 26.9. The van der Waals surface area contributed by atoms with Crippen molar-refractivity contribution in [3.05, 3.63) is 62.7 Å². The minimum absolute atomic E-state index is 0.166. The van der Waals surface area contributed by atoms with Gasteiger partial charge in [-0.3, -0.25) is 4.79 Å². The largest absolute Gasteiger partial charge is 0.444 e. The summed E-state index contributed by atoms with van der Waals surface area (Å²) in [5, 5.41) is 2.99. The van der Waals surface area contributed by atoms with Gasteiger partial charge in [-0.15, -0.1) is 0 Å². The summed E-state index contributed by atoms with van der Waals surface area (Å²) in [5.41, 5.74) is 2.68. The van der Waals surface area contributed by atoms with E-state index in [1.165, 1.54) is 0 Å². The third-order valence-electron chi connectivity index (χ3n) is 4.10. The van der Waals surface area contributed by atoms with E-state index in [1.54, 1.807) is 4.90 Å². The summed E-state index contributed by atoms with van der Waals surface area (Å²) < 4.78 is 6.41. The first kappa shape index (κ1) is 22.2. The van der Waals surface area contributed by atoms with Gasteiger partial charge in [0.2, 0.25) is 0 Å². The summed E-state index contributed by atoms with van der Waals surface area (Å²) in [5.74, 6) is -0.166. The van der Waals surface area contributed by atoms with Gasteiger partial charge in [0.25, 0.3) is 5.91 Å². The predicted octanol–water partition coefficient (Wildman–Crippen LogP) is 5.61. The van der Waals surface area contributed by atoms with Gasteiger partial charge in [-0.05, 0) is 80.5 Å². The van der Waals surface area contributed by atoms with E-state index in [-0.39, 0.29) is 12.0 Å². The third kappa shape index (κ3) is 5.95. The van der Waals surface area contributed by atoms with Gasteiger partial charge in [0, 0.05) is 15.8 Å². The maximum atomic E-state index is 12.8. The number of rotatable bonds is 5. The van der Waals surface area contributed by atoms with Crippen LogP contribution in [0.5, 0.6) is 0 Å². The molecule has 0 radical (unpaired) electrons. The molecule has 0 heterocycles. The van der Waals surface area contributed by atoms with Gasteiger partial charge in [-0.2, -0.15) is 0 Å². The molecule has 0 unspecified atom stereocenters. The highest BCUT2D eigenvalue weighted by Gasteiger charge is 2.22. The van der Waals surface area contributed by atoms with Crippen LogP contribution < -0.4 is 5.32 Å². The molecular weight excluding hydrogens is 467 g/mol. The van der Waals surface area contributed by atoms with E-state index < -0.39 is 5.60 Å². The van der Waals surface area contributed by atoms with Crippen molar-refractivity contribution in [1.29, 1.82) is 0 Å². The molecule has 0 aliphatic heterocycles. The van der Waals surface area contributed by atoms with Crippen LogP contribution in [-0.2, 0) is 11.3 Å². The van der Waals surface area contributed by atoms with Gasteiger partial charge < -0.3 is 15.0 Å². The fraction of sp³-hybridized carbons (Fsp3) is 0.364. The molecular formula is C22H27IN2O3. The van der Waals surface area contributed by atoms with Gasteiger partial charge in [0.05, 0.1) is 12.1 Å². The van der Waals surface area contributed by atoms with Crippen LogP contribution in [0, 0.1) is 10.5 Å². The van der Waals surface area contributed by atoms with Crippen LogP contribution in [0.1, 0.15) is 49.2 Å². The summed E-state index contributed by atoms with van der Waals surface area (Å²) in [6, 6.07) is 13.2. The number of para-hydroxylation sites is 1. The number of ether oxygens (including phenoxy) is 1. The lowest BCUT2D eigenvalue weighted by Gasteiger charge is -2.27. The number of nitrogens with one attached hydrogen (secondary N) is 1. The SMILES string of the molecule is CCN(Cc1ccccc1NC(=O)c1cccc(C)c1I)C(=O)OC(C)(C)C. The number of carbonyl (C=O) groups excluding carboxylic acids is 2. The number of hydrogen-bond donors (Lipinski definition) is 1. The maximum absolute atomic E-state index is 12.8. The molecule has 2 amide bonds. The lowest BCUT2D eigenvalue weighted by atomic mass is 10.1. The molecule has 0 atom stereocenters. The Morgan fingerprint density at radius 3 is 2.43 bits per heavy atom. The minimum Gasteiger partial charge on any atom is -0.444 e. The van der Waals surface area contributed by atoms with Gasteiger partial charge in [-0.25, -0.2) is 4.79 Å². The van der Waals surface area contributed by atoms with Crippen molar-refractivity contribution in [2.45, 2.75) is 46.8 Å². The van der Waals surface area contributed by atoms with Crippen LogP contribution in [0.25, 0.3) is 0 Å². The first-order valence-electron chi connectivity index (χ1n) is 9.24. The first-order valence-corrected chi connectivity index (χ1v) is 10.3. The lowest BCUT2D eigenvalue weighted by Crippen LogP contribution is -2.36. The summed E-state index contributed by atoms with van der Waals surface area (Å²) in [6.45, 7) is 10.3. The molecule has 0 fully saturated rings. The molecule has 1 N–H and O–H groups in total. The van der Waals surface area contributed by atoms with E-state index in [2.05, 4.69) is 27.9 Å². The van der Waals surface area contributed by atoms with Crippen LogP contribution in [0.2, 0.25) is 0 Å². The Morgan fingerprint density at radius 2 is 1.79 bits per heavy atom. The summed E-state index contributed by atoms with van der Waals surface area (Å²) in [6.07, 6.45) is -0.371. The molecule has 2 aromatic carbocycles. The highest BCUT2D eigenvalue weighted by Crippen LogP contribution is 2.22. The van der Waals surface area contributed by atoms with E-state index in [9.17, 15) is 9.59 Å². The molecule has 0 spiro atoms. The Labute approximate surface area is 180 Å². The van der Waals surface area contributed by atoms with E-state index in [4.69, 9.17) is 4.74 Å². The van der Waals surface area contributed by atoms with Crippen LogP contribution in [0.15, 0.2) is 42.5 Å². The zero-order valence-electron chi connectivity index (χ0n) is 17.0. The normalized spacial score (nSPS) is 11.1. The van der Waals surface area contributed by atoms with Crippen molar-refractivity contribution < 1.29 is 14.3 Å². The topological polar surface area (TPSA) is 58.6 Å². The number of hydrogen-bond acceptors (Lipinski definition) is 3. The number of amides is 2. The second-order valence-electron chi connectivity index (χ2n) is 7.54. The quantitative estimate of drug-likeness (QED) is 0.550. The Bertz CT molecular complexity index is 859. The molecule has 0 saturated heterocycles. The number of nitrogens with zero attached hydrogens (tertiary/aromatic N) is 1. The zero-order chi connectivity index (χ0) is 20.9. The fourth-order valence-corrected chi connectivity index (χ4v) is 3.23. The average Bonchev–Trinajstić information content (AvgIpc) is 2.61. The molecule has 2 aromatic rings. The van der Waals surface area contributed by atoms with Gasteiger partial charge >= 0.3 is 6.09 Å². The predicted molar refractivity (Wildman–Crippen MR) is 121 cm³/mol. The zero-order valence-corrected chi connectivity index (χ0v) is 19.2. The van der Waals surface area contributed by atoms with Crippen molar-refractivity contribution in [2.24, 2.45) is 0 Å². The highest BCUT2D eigenvalue weighted by atomic mass is 127. The molecule has 28 heavy (non-hydrogen) atoms. The second kappa shape index (κ2) is 9.41. The molecule has 0 aliphatic carbocycles. The molecule has 2 rings (SSSR count). The molecule has 6 heteroatoms. The number of aryl methyl sites for hydroxylation is 1. The minimum atomic E-state index is -0.555. The summed E-state index contributed by atoms with van der Waals surface area (Å²) in [7, 11) is 0. The van der Waals surface area contributed by atoms with Crippen LogP contribution in [-0.4, -0.2) is 29.0 Å². The van der Waals surface area contributed by atoms with E-state index in [1.807, 2.05) is 77.1 Å². The van der Waals surface area contributed by atoms with Crippen molar-refractivity contribution in [2.75, 3.05) is 11.9 Å². The molecule has 0 aromatic heterocycles. The molecule has 5 nitrogen and oxygen atoms in total. The van der Waals surface area contributed by atoms with Gasteiger partial charge in [0.15, 0.2) is 0 Å². The van der Waals surface area contributed by atoms with Crippen molar-refractivity contribution in [3.63, 3.8) is 0 Å². The van der Waals surface area contributed by atoms with Crippen LogP contribution in [0.4, 0.5) is 10.5 Å². The Hall–Kier alpha value is -2.09. The second-order valence-corrected chi connectivity index (χ2v) is 8.62. The Kier molecular flexibility index (Phi) is 7.46. The maximum Gasteiger partial charge on any atom is 0.410 e. The fourth-order valence-electron chi connectivity index (χ4n) is 2.63. The number of halogens is 1. The third-order valence-corrected chi connectivity index (χ3v) is 5.53. The lowest BCUT2D eigenvalue weighted by molar-refractivity contribution is 0.0245. The van der Waals surface area contributed by atoms with Crippen LogP contribution >= 0.6 is 22.6 Å². The van der Waals surface area contributed by atoms with Crippen molar-refractivity contribution in [1.82, 2.24) is 4.90 Å². The number of anilines is 1. The van der Waals surface area contributed by atoms with Crippen molar-refractivity contribution >= 4 is 40.3 Å². The molecule has 0 aliphatic rings. The van der Waals surface area contributed by atoms with Crippen LogP contribution in [0.3, 0.4) is 0 Å². The van der Waals surface area contributed by atoms with E-state index >= 15 is 0 Å². The van der Waals surface area contributed by atoms with E-state index in [0.29, 0.717) is 24.3 Å². The standard InChI is InChI=1S/C22H27IN2O3/c1-6-25(21(27)28-22(3,4)5)14-16-11-7-8-13-18(16)24-20(26)17-12-9-10-15(2)19(17)23/h7-13H,6,14H2,1-5H3,(H,24,26). The monoisotopic (exact) mass is 494 g/mol. The van der Waals surface area contributed by atoms with E-state index in [0.717, 1.165) is 14.7 Å². The molecule has 150 valence electrons. The Morgan fingerprint density at radius 1 is 1.11 bits per heavy atom. The first-order chi connectivity index (χ1) is 13.1. The van der Waals surface area contributed by atoms with Gasteiger partial charge in [0.1, 0.15) is 5.60 Å². The average molecular weight is 494 g/mol. The van der Waals surface area contributed by atoms with Gasteiger partial charge in [-0.1, -0.05) is 30.3 Å². The summed E-state index contributed by atoms with van der Waals surface area (Å²) >= 11 is 2.19. The number of carbonyl (C=O) groups is 2. The highest BCUT2D eigenvalue weighted by molar-refractivity contribution is 14.1. The molecule has 0 saturated carbocycles. The smallest absolute Gasteiger partial charge is 0.410 e. The Balaban J connectivity index is 2.21. The number of benzene rings is 2. The van der Waals surface area contributed by atoms with Crippen molar-refractivity contribution in [3.8, 4) is 0 Å².